The Kier molecular flexibility index (Phi) is 17.0. The number of aliphatic hydroxyl groups excluding tert-OH is 2. The van der Waals surface area contributed by atoms with Crippen molar-refractivity contribution in [3.05, 3.63) is 100 Å². The second-order valence-corrected chi connectivity index (χ2v) is 19.8. The standard InChI is InChI=1S/C49H63N9O9S/c1-31-44(68-30-54-31)35-11-9-32(10-12-35)20-50-47(64)41-19-38(59)26-58(41)48(65)45(49(2,3)4)55-42(61)27-66-15-16-67-28-43(62)57-22-33(23-57)17-37-18-40(53-29-52-37)46(63)51-21-39(60)25-56-14-13-34-7-5-6-8-36(34)24-56/h5-12,18,29-30,33,38-39,41,45,59-60H,13-17,19-28H2,1-4H3,(H,50,64)(H,51,63)(H,55,61)/t38-,39+,41+,45-/m1/s1. The number of hydrogen-bond acceptors (Lipinski definition) is 14. The Hall–Kier alpha value is -5.70. The zero-order valence-corrected chi connectivity index (χ0v) is 40.0. The second kappa shape index (κ2) is 23.1. The number of thiazole rings is 1. The number of carbonyl (C=O) groups excluding carboxylic acids is 5. The van der Waals surface area contributed by atoms with Crippen molar-refractivity contribution in [1.82, 2.24) is 45.6 Å². The van der Waals surface area contributed by atoms with Gasteiger partial charge in [0.1, 0.15) is 37.3 Å². The summed E-state index contributed by atoms with van der Waals surface area (Å²) in [5.74, 6) is -1.83. The molecule has 364 valence electrons. The molecular weight excluding hydrogens is 891 g/mol. The number of aryl methyl sites for hydroxylation is 1. The number of aliphatic hydroxyl groups is 2. The highest BCUT2D eigenvalue weighted by Crippen LogP contribution is 2.29. The minimum atomic E-state index is -1.01. The summed E-state index contributed by atoms with van der Waals surface area (Å²) in [4.78, 5) is 85.1. The van der Waals surface area contributed by atoms with Gasteiger partial charge < -0.3 is 45.4 Å². The lowest BCUT2D eigenvalue weighted by molar-refractivity contribution is -0.145. The van der Waals surface area contributed by atoms with Gasteiger partial charge in [0.05, 0.1) is 41.5 Å². The second-order valence-electron chi connectivity index (χ2n) is 18.9. The van der Waals surface area contributed by atoms with Crippen LogP contribution in [0.1, 0.15) is 65.8 Å². The minimum Gasteiger partial charge on any atom is -0.391 e. The van der Waals surface area contributed by atoms with Crippen LogP contribution in [0.3, 0.4) is 0 Å². The van der Waals surface area contributed by atoms with Crippen LogP contribution in [0.5, 0.6) is 0 Å². The fraction of sp³-hybridized carbons (Fsp3) is 0.510. The molecular formula is C49H63N9O9S. The van der Waals surface area contributed by atoms with Gasteiger partial charge in [0, 0.05) is 64.5 Å². The predicted octanol–water partition coefficient (Wildman–Crippen LogP) is 1.90. The van der Waals surface area contributed by atoms with Crippen molar-refractivity contribution in [3.63, 3.8) is 0 Å². The molecule has 5 N–H and O–H groups in total. The molecule has 0 spiro atoms. The average molecular weight is 954 g/mol. The number of rotatable bonds is 20. The molecule has 19 heteroatoms. The topological polar surface area (TPSA) is 229 Å². The maximum atomic E-state index is 14.0. The van der Waals surface area contributed by atoms with E-state index >= 15 is 0 Å². The van der Waals surface area contributed by atoms with Gasteiger partial charge in [0.25, 0.3) is 5.91 Å². The van der Waals surface area contributed by atoms with Crippen molar-refractivity contribution in [1.29, 1.82) is 0 Å². The van der Waals surface area contributed by atoms with Crippen molar-refractivity contribution in [2.24, 2.45) is 11.3 Å². The molecule has 0 radical (unpaired) electrons. The molecule has 18 nitrogen and oxygen atoms in total. The summed E-state index contributed by atoms with van der Waals surface area (Å²) < 4.78 is 11.0. The van der Waals surface area contributed by atoms with E-state index < -0.39 is 47.4 Å². The Balaban J connectivity index is 0.763. The number of aromatic nitrogens is 3. The van der Waals surface area contributed by atoms with E-state index in [9.17, 15) is 34.2 Å². The lowest BCUT2D eigenvalue weighted by Gasteiger charge is -2.39. The molecule has 4 aromatic rings. The third-order valence-corrected chi connectivity index (χ3v) is 13.5. The van der Waals surface area contributed by atoms with Crippen LogP contribution in [0.2, 0.25) is 0 Å². The molecule has 2 aromatic heterocycles. The zero-order valence-electron chi connectivity index (χ0n) is 39.2. The maximum Gasteiger partial charge on any atom is 0.270 e. The smallest absolute Gasteiger partial charge is 0.270 e. The van der Waals surface area contributed by atoms with E-state index in [-0.39, 0.29) is 75.9 Å². The van der Waals surface area contributed by atoms with Gasteiger partial charge in [-0.25, -0.2) is 15.0 Å². The highest BCUT2D eigenvalue weighted by atomic mass is 32.1. The molecule has 68 heavy (non-hydrogen) atoms. The highest BCUT2D eigenvalue weighted by Gasteiger charge is 2.44. The van der Waals surface area contributed by atoms with Crippen LogP contribution in [-0.2, 0) is 54.6 Å². The molecule has 2 aromatic carbocycles. The molecule has 0 saturated carbocycles. The fourth-order valence-electron chi connectivity index (χ4n) is 8.72. The SMILES string of the molecule is Cc1ncsc1-c1ccc(CNC(=O)[C@@H]2C[C@@H](O)CN2C(=O)[C@@H](NC(=O)COCCOCC(=O)N2CC(Cc3cc(C(=O)NC[C@H](O)CN4CCc5ccccc5C4)ncn3)C2)C(C)(C)C)cc1. The summed E-state index contributed by atoms with van der Waals surface area (Å²) in [6.45, 7) is 10.3. The van der Waals surface area contributed by atoms with E-state index in [1.807, 2.05) is 43.3 Å². The number of benzene rings is 2. The molecule has 0 aliphatic carbocycles. The first-order chi connectivity index (χ1) is 32.6. The number of carbonyl (C=O) groups is 5. The van der Waals surface area contributed by atoms with Gasteiger partial charge >= 0.3 is 0 Å². The molecule has 2 fully saturated rings. The van der Waals surface area contributed by atoms with Crippen LogP contribution in [-0.4, -0.2) is 159 Å². The lowest BCUT2D eigenvalue weighted by atomic mass is 9.85. The molecule has 0 unspecified atom stereocenters. The summed E-state index contributed by atoms with van der Waals surface area (Å²) >= 11 is 1.56. The van der Waals surface area contributed by atoms with Gasteiger partial charge in [0.15, 0.2) is 0 Å². The van der Waals surface area contributed by atoms with E-state index in [2.05, 4.69) is 47.9 Å². The number of hydrogen-bond donors (Lipinski definition) is 5. The van der Waals surface area contributed by atoms with Crippen LogP contribution in [0.15, 0.2) is 66.4 Å². The lowest BCUT2D eigenvalue weighted by Crippen LogP contribution is -2.58. The molecule has 3 aliphatic heterocycles. The molecule has 5 heterocycles. The number of β-amino-alcohol motifs (C(OH)–C–C–N with tert-alkyl or cyclic N) is 2. The minimum absolute atomic E-state index is 0.0294. The van der Waals surface area contributed by atoms with Crippen molar-refractivity contribution < 1.29 is 43.7 Å². The number of likely N-dealkylation sites (tertiary alicyclic amines) is 2. The monoisotopic (exact) mass is 953 g/mol. The Labute approximate surface area is 400 Å². The third-order valence-electron chi connectivity index (χ3n) is 12.5. The van der Waals surface area contributed by atoms with Crippen LogP contribution in [0.4, 0.5) is 0 Å². The zero-order chi connectivity index (χ0) is 48.4. The van der Waals surface area contributed by atoms with Crippen LogP contribution >= 0.6 is 11.3 Å². The summed E-state index contributed by atoms with van der Waals surface area (Å²) in [6.07, 6.45) is 1.29. The van der Waals surface area contributed by atoms with Crippen molar-refractivity contribution >= 4 is 40.9 Å². The molecule has 2 saturated heterocycles. The molecule has 7 rings (SSSR count). The Morgan fingerprint density at radius 3 is 2.38 bits per heavy atom. The van der Waals surface area contributed by atoms with Gasteiger partial charge in [-0.15, -0.1) is 11.3 Å². The maximum absolute atomic E-state index is 14.0. The summed E-state index contributed by atoms with van der Waals surface area (Å²) in [5.41, 5.74) is 7.44. The first-order valence-corrected chi connectivity index (χ1v) is 24.0. The Morgan fingerprint density at radius 1 is 0.926 bits per heavy atom. The van der Waals surface area contributed by atoms with Gasteiger partial charge in [-0.05, 0) is 59.4 Å². The van der Waals surface area contributed by atoms with Crippen molar-refractivity contribution in [2.75, 3.05) is 65.7 Å². The third kappa shape index (κ3) is 13.5. The van der Waals surface area contributed by atoms with E-state index in [1.165, 1.54) is 22.4 Å². The number of fused-ring (bicyclic) bond motifs is 1. The molecule has 3 aliphatic rings. The van der Waals surface area contributed by atoms with E-state index in [0.717, 1.165) is 41.2 Å². The number of ether oxygens (including phenoxy) is 2. The fourth-order valence-corrected chi connectivity index (χ4v) is 9.53. The average Bonchev–Trinajstić information content (AvgIpc) is 3.93. The van der Waals surface area contributed by atoms with Gasteiger partial charge in [0.2, 0.25) is 23.6 Å². The summed E-state index contributed by atoms with van der Waals surface area (Å²) in [7, 11) is 0. The molecule has 4 atom stereocenters. The van der Waals surface area contributed by atoms with E-state index in [4.69, 9.17) is 9.47 Å². The Morgan fingerprint density at radius 2 is 1.66 bits per heavy atom. The number of amides is 5. The Bertz CT molecular complexity index is 2390. The largest absolute Gasteiger partial charge is 0.391 e. The first kappa shape index (κ1) is 50.2. The van der Waals surface area contributed by atoms with Crippen LogP contribution in [0, 0.1) is 18.3 Å². The number of nitrogens with zero attached hydrogens (tertiary/aromatic N) is 6. The van der Waals surface area contributed by atoms with Crippen LogP contribution in [0.25, 0.3) is 10.4 Å². The van der Waals surface area contributed by atoms with E-state index in [0.29, 0.717) is 31.7 Å². The molecule has 0 bridgehead atoms. The van der Waals surface area contributed by atoms with Gasteiger partial charge in [-0.3, -0.25) is 28.9 Å². The van der Waals surface area contributed by atoms with Gasteiger partial charge in [-0.2, -0.15) is 0 Å². The van der Waals surface area contributed by atoms with Gasteiger partial charge in [-0.1, -0.05) is 69.3 Å². The first-order valence-electron chi connectivity index (χ1n) is 23.2. The summed E-state index contributed by atoms with van der Waals surface area (Å²) in [6, 6.07) is 15.8. The van der Waals surface area contributed by atoms with Crippen molar-refractivity contribution in [3.8, 4) is 10.4 Å². The normalized spacial score (nSPS) is 18.3. The quantitative estimate of drug-likeness (QED) is 0.0799. The van der Waals surface area contributed by atoms with Crippen molar-refractivity contribution in [2.45, 2.75) is 84.3 Å². The van der Waals surface area contributed by atoms with E-state index in [1.54, 1.807) is 48.6 Å². The molecule has 5 amide bonds. The number of nitrogens with one attached hydrogen (secondary N) is 3. The predicted molar refractivity (Wildman–Crippen MR) is 253 cm³/mol. The van der Waals surface area contributed by atoms with Crippen LogP contribution < -0.4 is 16.0 Å². The highest BCUT2D eigenvalue weighted by molar-refractivity contribution is 7.13. The summed E-state index contributed by atoms with van der Waals surface area (Å²) in [5, 5.41) is 29.6.